The van der Waals surface area contributed by atoms with Gasteiger partial charge in [-0.25, -0.2) is 4.39 Å². The molecule has 1 fully saturated rings. The van der Waals surface area contributed by atoms with E-state index in [1.54, 1.807) is 12.1 Å². The molecule has 1 heterocycles. The third-order valence-electron chi connectivity index (χ3n) is 6.97. The van der Waals surface area contributed by atoms with E-state index in [9.17, 15) is 9.18 Å². The van der Waals surface area contributed by atoms with Crippen molar-refractivity contribution in [2.24, 2.45) is 17.0 Å². The molecule has 0 N–H and O–H groups in total. The summed E-state index contributed by atoms with van der Waals surface area (Å²) in [6, 6.07) is 11.4. The molecule has 2 aliphatic rings. The summed E-state index contributed by atoms with van der Waals surface area (Å²) in [5, 5.41) is 13.4. The third kappa shape index (κ3) is 4.82. The monoisotopic (exact) mass is 466 g/mol. The fourth-order valence-corrected chi connectivity index (χ4v) is 5.25. The lowest BCUT2D eigenvalue weighted by molar-refractivity contribution is -0.0100. The summed E-state index contributed by atoms with van der Waals surface area (Å²) in [5.74, 6) is 0.153. The van der Waals surface area contributed by atoms with Crippen LogP contribution >= 0.6 is 11.6 Å². The van der Waals surface area contributed by atoms with Crippen LogP contribution in [0.3, 0.4) is 0 Å². The molecule has 1 aliphatic heterocycles. The molecule has 0 radical (unpaired) electrons. The smallest absolute Gasteiger partial charge is 0.168 e. The quantitative estimate of drug-likeness (QED) is 0.444. The second-order valence-corrected chi connectivity index (χ2v) is 10.1. The largest absolute Gasteiger partial charge is 0.384 e. The van der Waals surface area contributed by atoms with Gasteiger partial charge in [0.2, 0.25) is 0 Å². The second kappa shape index (κ2) is 9.27. The van der Waals surface area contributed by atoms with E-state index < -0.39 is 11.4 Å². The highest BCUT2D eigenvalue weighted by Crippen LogP contribution is 2.40. The van der Waals surface area contributed by atoms with Crippen molar-refractivity contribution in [1.82, 2.24) is 0 Å². The van der Waals surface area contributed by atoms with Crippen molar-refractivity contribution in [1.29, 1.82) is 5.26 Å². The van der Waals surface area contributed by atoms with Crippen LogP contribution in [0.2, 0.25) is 5.02 Å². The number of benzene rings is 2. The highest BCUT2D eigenvalue weighted by Gasteiger charge is 2.39. The minimum absolute atomic E-state index is 0.0723. The first kappa shape index (κ1) is 23.4. The molecule has 0 aromatic heterocycles. The van der Waals surface area contributed by atoms with E-state index in [1.807, 2.05) is 39.0 Å². The van der Waals surface area contributed by atoms with E-state index in [1.165, 1.54) is 0 Å². The lowest BCUT2D eigenvalue weighted by Crippen LogP contribution is -2.24. The summed E-state index contributed by atoms with van der Waals surface area (Å²) in [4.78, 5) is 18.7. The number of carbonyl (C=O) groups excluding carboxylic acids is 1. The number of Topliss-reactive ketones (excluding diaryl/α,β-unsaturated/α-hetero) is 1. The average molecular weight is 467 g/mol. The Kier molecular flexibility index (Phi) is 6.59. The number of rotatable bonds is 5. The van der Waals surface area contributed by atoms with Crippen LogP contribution in [0.4, 0.5) is 4.39 Å². The summed E-state index contributed by atoms with van der Waals surface area (Å²) in [6.07, 6.45) is 4.57. The molecular weight excluding hydrogens is 439 g/mol. The number of hydrogen-bond acceptors (Lipinski definition) is 4. The number of aryl methyl sites for hydroxylation is 2. The number of hydrogen-bond donors (Lipinski definition) is 0. The molecule has 2 aromatic carbocycles. The molecule has 4 nitrogen and oxygen atoms in total. The number of oxime groups is 1. The molecule has 0 amide bonds. The Bertz CT molecular complexity index is 1160. The first-order chi connectivity index (χ1) is 15.7. The van der Waals surface area contributed by atoms with Gasteiger partial charge in [-0.2, -0.15) is 5.26 Å². The highest BCUT2D eigenvalue weighted by molar-refractivity contribution is 6.30. The molecule has 6 heteroatoms. The van der Waals surface area contributed by atoms with Gasteiger partial charge in [0, 0.05) is 29.9 Å². The van der Waals surface area contributed by atoms with Gasteiger partial charge in [-0.3, -0.25) is 4.79 Å². The standard InChI is InChI=1S/C27H28ClFN2O2/c1-16-10-22(26(29)23(28)11-16)27(3)14-24(31-33-27)20-8-9-21(17(2)12-20)25(32)13-18-4-6-19(15-30)7-5-18/h8-12,18-19H,4-7,13-14H2,1-3H3. The molecule has 33 heavy (non-hydrogen) atoms. The van der Waals surface area contributed by atoms with Gasteiger partial charge < -0.3 is 4.84 Å². The van der Waals surface area contributed by atoms with Gasteiger partial charge in [-0.05, 0) is 87.3 Å². The minimum atomic E-state index is -0.945. The van der Waals surface area contributed by atoms with Crippen LogP contribution in [-0.4, -0.2) is 11.5 Å². The number of nitrogens with zero attached hydrogens (tertiary/aromatic N) is 2. The second-order valence-electron chi connectivity index (χ2n) is 9.65. The zero-order chi connectivity index (χ0) is 23.8. The average Bonchev–Trinajstić information content (AvgIpc) is 3.19. The predicted molar refractivity (Wildman–Crippen MR) is 127 cm³/mol. The number of carbonyl (C=O) groups is 1. The van der Waals surface area contributed by atoms with Crippen molar-refractivity contribution in [2.45, 2.75) is 64.9 Å². The zero-order valence-corrected chi connectivity index (χ0v) is 20.0. The van der Waals surface area contributed by atoms with E-state index in [2.05, 4.69) is 11.2 Å². The molecule has 0 spiro atoms. The Morgan fingerprint density at radius 3 is 2.64 bits per heavy atom. The van der Waals surface area contributed by atoms with Crippen LogP contribution in [0.5, 0.6) is 0 Å². The summed E-state index contributed by atoms with van der Waals surface area (Å²) in [7, 11) is 0. The molecule has 0 saturated heterocycles. The lowest BCUT2D eigenvalue weighted by atomic mass is 9.79. The predicted octanol–water partition coefficient (Wildman–Crippen LogP) is 7.04. The number of nitriles is 1. The van der Waals surface area contributed by atoms with Gasteiger partial charge in [-0.15, -0.1) is 0 Å². The number of ketones is 1. The van der Waals surface area contributed by atoms with Crippen molar-refractivity contribution in [2.75, 3.05) is 0 Å². The molecule has 4 rings (SSSR count). The normalized spacial score (nSPS) is 24.7. The fourth-order valence-electron chi connectivity index (χ4n) is 4.97. The Morgan fingerprint density at radius 2 is 1.97 bits per heavy atom. The molecular formula is C27H28ClFN2O2. The Labute approximate surface area is 199 Å². The maximum atomic E-state index is 14.7. The SMILES string of the molecule is Cc1cc(Cl)c(F)c(C2(C)CC(c3ccc(C(=O)CC4CCC(C#N)CC4)c(C)c3)=NO2)c1. The summed E-state index contributed by atoms with van der Waals surface area (Å²) < 4.78 is 14.7. The molecule has 1 saturated carbocycles. The number of halogens is 2. The van der Waals surface area contributed by atoms with Gasteiger partial charge in [-0.1, -0.05) is 28.9 Å². The maximum Gasteiger partial charge on any atom is 0.168 e. The van der Waals surface area contributed by atoms with Crippen molar-refractivity contribution < 1.29 is 14.0 Å². The lowest BCUT2D eigenvalue weighted by Gasteiger charge is -2.24. The Morgan fingerprint density at radius 1 is 1.24 bits per heavy atom. The van der Waals surface area contributed by atoms with Gasteiger partial charge >= 0.3 is 0 Å². The van der Waals surface area contributed by atoms with Crippen LogP contribution in [0, 0.1) is 42.8 Å². The van der Waals surface area contributed by atoms with Crippen molar-refractivity contribution >= 4 is 23.1 Å². The van der Waals surface area contributed by atoms with Crippen LogP contribution in [0.15, 0.2) is 35.5 Å². The van der Waals surface area contributed by atoms with E-state index in [0.717, 1.165) is 47.9 Å². The van der Waals surface area contributed by atoms with E-state index in [-0.39, 0.29) is 16.7 Å². The first-order valence-corrected chi connectivity index (χ1v) is 11.8. The van der Waals surface area contributed by atoms with Gasteiger partial charge in [0.15, 0.2) is 11.4 Å². The van der Waals surface area contributed by atoms with Crippen LogP contribution in [0.25, 0.3) is 0 Å². The van der Waals surface area contributed by atoms with E-state index in [4.69, 9.17) is 21.7 Å². The first-order valence-electron chi connectivity index (χ1n) is 11.4. The van der Waals surface area contributed by atoms with Crippen molar-refractivity contribution in [3.05, 3.63) is 69.0 Å². The molecule has 0 bridgehead atoms. The van der Waals surface area contributed by atoms with Crippen molar-refractivity contribution in [3.8, 4) is 6.07 Å². The van der Waals surface area contributed by atoms with Crippen LogP contribution in [-0.2, 0) is 10.4 Å². The molecule has 1 unspecified atom stereocenters. The Hall–Kier alpha value is -2.71. The molecule has 1 aliphatic carbocycles. The molecule has 172 valence electrons. The summed E-state index contributed by atoms with van der Waals surface area (Å²) in [5.41, 5.74) is 3.49. The van der Waals surface area contributed by atoms with Crippen molar-refractivity contribution in [3.63, 3.8) is 0 Å². The fraction of sp³-hybridized carbons (Fsp3) is 0.444. The zero-order valence-electron chi connectivity index (χ0n) is 19.3. The molecule has 1 atom stereocenters. The molecule has 2 aromatic rings. The third-order valence-corrected chi connectivity index (χ3v) is 7.24. The van der Waals surface area contributed by atoms with Crippen LogP contribution < -0.4 is 0 Å². The topological polar surface area (TPSA) is 62.5 Å². The maximum absolute atomic E-state index is 14.7. The van der Waals surface area contributed by atoms with E-state index >= 15 is 0 Å². The summed E-state index contributed by atoms with van der Waals surface area (Å²) >= 11 is 6.05. The highest BCUT2D eigenvalue weighted by atomic mass is 35.5. The van der Waals surface area contributed by atoms with Gasteiger partial charge in [0.05, 0.1) is 16.8 Å². The van der Waals surface area contributed by atoms with E-state index in [0.29, 0.717) is 30.0 Å². The minimum Gasteiger partial charge on any atom is -0.384 e. The summed E-state index contributed by atoms with van der Waals surface area (Å²) in [6.45, 7) is 5.60. The van der Waals surface area contributed by atoms with Crippen LogP contribution in [0.1, 0.15) is 78.1 Å². The van der Waals surface area contributed by atoms with Gasteiger partial charge in [0.1, 0.15) is 5.82 Å². The Balaban J connectivity index is 1.47. The van der Waals surface area contributed by atoms with Gasteiger partial charge in [0.25, 0.3) is 0 Å².